The number of hydrogen-bond donors (Lipinski definition) is 1. The van der Waals surface area contributed by atoms with Gasteiger partial charge in [-0.05, 0) is 45.4 Å². The number of hydrogen-bond acceptors (Lipinski definition) is 3. The first kappa shape index (κ1) is 17.9. The number of carbonyl (C=O) groups is 2. The van der Waals surface area contributed by atoms with E-state index in [9.17, 15) is 14.7 Å². The standard InChI is InChI=1S/C20H23NO3/c1-19(2,18(23)24)13-17(22)20(3,4)15-10-11-21-16(12-15)14-8-6-5-7-9-14/h5-12H,13H2,1-4H3,(H,23,24). The Morgan fingerprint density at radius 2 is 1.67 bits per heavy atom. The molecule has 0 unspecified atom stereocenters. The molecule has 0 aliphatic heterocycles. The van der Waals surface area contributed by atoms with E-state index < -0.39 is 16.8 Å². The van der Waals surface area contributed by atoms with Gasteiger partial charge in [-0.15, -0.1) is 0 Å². The number of nitrogens with zero attached hydrogens (tertiary/aromatic N) is 1. The summed E-state index contributed by atoms with van der Waals surface area (Å²) in [5.41, 5.74) is 0.755. The minimum absolute atomic E-state index is 0.0155. The second-order valence-corrected chi connectivity index (χ2v) is 7.21. The van der Waals surface area contributed by atoms with Crippen LogP contribution in [0.5, 0.6) is 0 Å². The van der Waals surface area contributed by atoms with Crippen LogP contribution in [0, 0.1) is 5.41 Å². The maximum absolute atomic E-state index is 12.7. The lowest BCUT2D eigenvalue weighted by molar-refractivity contribution is -0.149. The van der Waals surface area contributed by atoms with Crippen LogP contribution < -0.4 is 0 Å². The molecule has 0 fully saturated rings. The van der Waals surface area contributed by atoms with Crippen molar-refractivity contribution in [3.8, 4) is 11.3 Å². The van der Waals surface area contributed by atoms with E-state index in [-0.39, 0.29) is 12.2 Å². The van der Waals surface area contributed by atoms with Crippen molar-refractivity contribution in [1.29, 1.82) is 0 Å². The predicted octanol–water partition coefficient (Wildman–Crippen LogP) is 4.10. The third kappa shape index (κ3) is 3.70. The molecule has 4 heteroatoms. The van der Waals surface area contributed by atoms with Crippen molar-refractivity contribution in [2.24, 2.45) is 5.41 Å². The summed E-state index contributed by atoms with van der Waals surface area (Å²) < 4.78 is 0. The SMILES string of the molecule is CC(C)(CC(=O)C(C)(C)c1ccnc(-c2ccccc2)c1)C(=O)O. The van der Waals surface area contributed by atoms with E-state index >= 15 is 0 Å². The zero-order chi connectivity index (χ0) is 18.0. The quantitative estimate of drug-likeness (QED) is 0.868. The third-order valence-electron chi connectivity index (χ3n) is 4.43. The van der Waals surface area contributed by atoms with Crippen LogP contribution in [-0.2, 0) is 15.0 Å². The van der Waals surface area contributed by atoms with Gasteiger partial charge in [0.25, 0.3) is 0 Å². The molecule has 0 atom stereocenters. The first-order valence-corrected chi connectivity index (χ1v) is 7.93. The summed E-state index contributed by atoms with van der Waals surface area (Å²) in [4.78, 5) is 28.4. The molecule has 1 heterocycles. The van der Waals surface area contributed by atoms with Crippen molar-refractivity contribution in [3.05, 3.63) is 54.2 Å². The molecule has 4 nitrogen and oxygen atoms in total. The van der Waals surface area contributed by atoms with E-state index in [1.165, 1.54) is 0 Å². The average molecular weight is 325 g/mol. The number of benzene rings is 1. The molecule has 0 spiro atoms. The molecule has 0 radical (unpaired) electrons. The second kappa shape index (κ2) is 6.56. The van der Waals surface area contributed by atoms with E-state index in [0.717, 1.165) is 16.8 Å². The molecule has 126 valence electrons. The average Bonchev–Trinajstić information content (AvgIpc) is 2.55. The molecule has 0 saturated heterocycles. The summed E-state index contributed by atoms with van der Waals surface area (Å²) >= 11 is 0. The monoisotopic (exact) mass is 325 g/mol. The Hall–Kier alpha value is -2.49. The number of ketones is 1. The minimum Gasteiger partial charge on any atom is -0.481 e. The van der Waals surface area contributed by atoms with Gasteiger partial charge in [0.05, 0.1) is 11.1 Å². The van der Waals surface area contributed by atoms with Gasteiger partial charge in [-0.3, -0.25) is 14.6 Å². The topological polar surface area (TPSA) is 67.3 Å². The normalized spacial score (nSPS) is 12.0. The first-order valence-electron chi connectivity index (χ1n) is 7.93. The molecule has 1 aromatic carbocycles. The van der Waals surface area contributed by atoms with Crippen molar-refractivity contribution >= 4 is 11.8 Å². The van der Waals surface area contributed by atoms with E-state index in [0.29, 0.717) is 0 Å². The number of aromatic nitrogens is 1. The molecule has 2 aromatic rings. The summed E-state index contributed by atoms with van der Waals surface area (Å²) in [6.45, 7) is 6.81. The second-order valence-electron chi connectivity index (χ2n) is 7.21. The van der Waals surface area contributed by atoms with E-state index in [4.69, 9.17) is 0 Å². The van der Waals surface area contributed by atoms with Crippen LogP contribution in [-0.4, -0.2) is 21.8 Å². The van der Waals surface area contributed by atoms with Crippen LogP contribution in [0.4, 0.5) is 0 Å². The number of carboxylic acids is 1. The molecular formula is C20H23NO3. The molecule has 24 heavy (non-hydrogen) atoms. The Labute approximate surface area is 142 Å². The lowest BCUT2D eigenvalue weighted by atomic mass is 9.74. The summed E-state index contributed by atoms with van der Waals surface area (Å²) in [6, 6.07) is 13.5. The summed E-state index contributed by atoms with van der Waals surface area (Å²) in [7, 11) is 0. The molecule has 1 N–H and O–H groups in total. The van der Waals surface area contributed by atoms with Gasteiger partial charge in [0, 0.05) is 23.6 Å². The fourth-order valence-electron chi connectivity index (χ4n) is 2.45. The van der Waals surface area contributed by atoms with Crippen LogP contribution in [0.25, 0.3) is 11.3 Å². The van der Waals surface area contributed by atoms with Gasteiger partial charge in [-0.1, -0.05) is 30.3 Å². The first-order chi connectivity index (χ1) is 11.1. The maximum Gasteiger partial charge on any atom is 0.309 e. The summed E-state index contributed by atoms with van der Waals surface area (Å²) in [5, 5.41) is 9.26. The lowest BCUT2D eigenvalue weighted by Gasteiger charge is -2.28. The lowest BCUT2D eigenvalue weighted by Crippen LogP contribution is -2.36. The molecule has 0 bridgehead atoms. The van der Waals surface area contributed by atoms with Gasteiger partial charge in [0.1, 0.15) is 5.78 Å². The van der Waals surface area contributed by atoms with E-state index in [1.807, 2.05) is 56.3 Å². The van der Waals surface area contributed by atoms with Crippen molar-refractivity contribution < 1.29 is 14.7 Å². The highest BCUT2D eigenvalue weighted by Crippen LogP contribution is 2.32. The smallest absolute Gasteiger partial charge is 0.309 e. The van der Waals surface area contributed by atoms with Crippen molar-refractivity contribution in [2.75, 3.05) is 0 Å². The van der Waals surface area contributed by atoms with Gasteiger partial charge in [-0.2, -0.15) is 0 Å². The van der Waals surface area contributed by atoms with Crippen molar-refractivity contribution in [1.82, 2.24) is 4.98 Å². The van der Waals surface area contributed by atoms with Gasteiger partial charge < -0.3 is 5.11 Å². The van der Waals surface area contributed by atoms with Crippen molar-refractivity contribution in [3.63, 3.8) is 0 Å². The number of carboxylic acid groups (broad SMARTS) is 1. The Morgan fingerprint density at radius 1 is 1.04 bits per heavy atom. The van der Waals surface area contributed by atoms with Gasteiger partial charge in [-0.25, -0.2) is 0 Å². The highest BCUT2D eigenvalue weighted by atomic mass is 16.4. The molecule has 0 aliphatic rings. The number of pyridine rings is 1. The zero-order valence-electron chi connectivity index (χ0n) is 14.5. The molecular weight excluding hydrogens is 302 g/mol. The fourth-order valence-corrected chi connectivity index (χ4v) is 2.45. The van der Waals surface area contributed by atoms with Gasteiger partial charge in [0.2, 0.25) is 0 Å². The Kier molecular flexibility index (Phi) is 4.88. The Bertz CT molecular complexity index is 748. The summed E-state index contributed by atoms with van der Waals surface area (Å²) in [6.07, 6.45) is 1.67. The predicted molar refractivity (Wildman–Crippen MR) is 93.7 cm³/mol. The fraction of sp³-hybridized carbons (Fsp3) is 0.350. The molecule has 2 rings (SSSR count). The number of aliphatic carboxylic acids is 1. The molecule has 0 aliphatic carbocycles. The Morgan fingerprint density at radius 3 is 2.25 bits per heavy atom. The maximum atomic E-state index is 12.7. The van der Waals surface area contributed by atoms with Crippen LogP contribution in [0.3, 0.4) is 0 Å². The van der Waals surface area contributed by atoms with E-state index in [2.05, 4.69) is 4.98 Å². The largest absolute Gasteiger partial charge is 0.481 e. The highest BCUT2D eigenvalue weighted by Gasteiger charge is 2.37. The van der Waals surface area contributed by atoms with Crippen molar-refractivity contribution in [2.45, 2.75) is 39.5 Å². The van der Waals surface area contributed by atoms with Gasteiger partial charge >= 0.3 is 5.97 Å². The Balaban J connectivity index is 2.33. The summed E-state index contributed by atoms with van der Waals surface area (Å²) in [5.74, 6) is -1.06. The molecule has 1 aromatic heterocycles. The number of carbonyl (C=O) groups excluding carboxylic acids is 1. The number of Topliss-reactive ketones (excluding diaryl/α,β-unsaturated/α-hetero) is 1. The highest BCUT2D eigenvalue weighted by molar-refractivity contribution is 5.93. The van der Waals surface area contributed by atoms with Crippen LogP contribution in [0.1, 0.15) is 39.7 Å². The van der Waals surface area contributed by atoms with Gasteiger partial charge in [0.15, 0.2) is 0 Å². The molecule has 0 saturated carbocycles. The van der Waals surface area contributed by atoms with Crippen LogP contribution >= 0.6 is 0 Å². The molecule has 0 amide bonds. The third-order valence-corrected chi connectivity index (χ3v) is 4.43. The van der Waals surface area contributed by atoms with Crippen LogP contribution in [0.15, 0.2) is 48.7 Å². The van der Waals surface area contributed by atoms with E-state index in [1.54, 1.807) is 20.0 Å². The number of rotatable bonds is 6. The minimum atomic E-state index is -1.08. The van der Waals surface area contributed by atoms with Crippen LogP contribution in [0.2, 0.25) is 0 Å². The zero-order valence-corrected chi connectivity index (χ0v) is 14.5.